The largest absolute Gasteiger partial charge is 0.324 e. The van der Waals surface area contributed by atoms with E-state index >= 15 is 0 Å². The van der Waals surface area contributed by atoms with E-state index in [2.05, 4.69) is 10.3 Å². The molecule has 0 saturated carbocycles. The van der Waals surface area contributed by atoms with Gasteiger partial charge in [0.1, 0.15) is 6.54 Å². The third-order valence-electron chi connectivity index (χ3n) is 3.22. The summed E-state index contributed by atoms with van der Waals surface area (Å²) < 4.78 is 27.0. The van der Waals surface area contributed by atoms with Crippen LogP contribution in [0.3, 0.4) is 0 Å². The summed E-state index contributed by atoms with van der Waals surface area (Å²) in [4.78, 5) is 16.4. The number of aromatic nitrogens is 2. The molecule has 4 nitrogen and oxygen atoms in total. The van der Waals surface area contributed by atoms with Crippen LogP contribution >= 0.6 is 23.4 Å². The second-order valence-electron chi connectivity index (χ2n) is 4.91. The fourth-order valence-electron chi connectivity index (χ4n) is 2.29. The van der Waals surface area contributed by atoms with Gasteiger partial charge in [0, 0.05) is 10.7 Å². The molecule has 1 amide bonds. The Kier molecular flexibility index (Phi) is 5.01. The number of nitrogens with one attached hydrogen (secondary N) is 1. The Hall–Kier alpha value is -2.12. The van der Waals surface area contributed by atoms with Gasteiger partial charge in [-0.25, -0.2) is 4.98 Å². The number of carbonyl (C=O) groups is 1. The number of anilines is 1. The molecule has 0 spiro atoms. The molecule has 1 N–H and O–H groups in total. The molecule has 0 aliphatic heterocycles. The monoisotopic (exact) mass is 367 g/mol. The van der Waals surface area contributed by atoms with Crippen molar-refractivity contribution in [3.8, 4) is 0 Å². The average Bonchev–Trinajstić information content (AvgIpc) is 2.84. The Morgan fingerprint density at radius 1 is 1.25 bits per heavy atom. The van der Waals surface area contributed by atoms with Gasteiger partial charge in [0.25, 0.3) is 5.76 Å². The Morgan fingerprint density at radius 3 is 2.79 bits per heavy atom. The van der Waals surface area contributed by atoms with Gasteiger partial charge < -0.3 is 9.88 Å². The topological polar surface area (TPSA) is 46.9 Å². The second-order valence-corrected chi connectivity index (χ2v) is 6.30. The van der Waals surface area contributed by atoms with Crippen LogP contribution in [0.15, 0.2) is 53.7 Å². The first-order valence-electron chi connectivity index (χ1n) is 6.98. The maximum absolute atomic E-state index is 12.8. The third-order valence-corrected chi connectivity index (χ3v) is 4.16. The van der Waals surface area contributed by atoms with Crippen LogP contribution in [0.25, 0.3) is 11.0 Å². The smallest absolute Gasteiger partial charge is 0.291 e. The molecule has 0 radical (unpaired) electrons. The number of carbonyl (C=O) groups excluding carboxylic acids is 1. The summed E-state index contributed by atoms with van der Waals surface area (Å²) in [7, 11) is 0. The third kappa shape index (κ3) is 3.85. The fraction of sp³-hybridized carbons (Fsp3) is 0.125. The number of para-hydroxylation sites is 2. The summed E-state index contributed by atoms with van der Waals surface area (Å²) >= 11 is 6.20. The van der Waals surface area contributed by atoms with Crippen LogP contribution in [0.2, 0.25) is 5.02 Å². The van der Waals surface area contributed by atoms with Gasteiger partial charge in [-0.3, -0.25) is 4.79 Å². The van der Waals surface area contributed by atoms with Crippen LogP contribution in [-0.2, 0) is 11.3 Å². The van der Waals surface area contributed by atoms with Crippen LogP contribution in [-0.4, -0.2) is 21.2 Å². The van der Waals surface area contributed by atoms with E-state index in [1.807, 2.05) is 0 Å². The van der Waals surface area contributed by atoms with Gasteiger partial charge in [-0.15, -0.1) is 0 Å². The van der Waals surface area contributed by atoms with E-state index < -0.39 is 5.76 Å². The fourth-order valence-corrected chi connectivity index (χ4v) is 3.08. The predicted octanol–water partition coefficient (Wildman–Crippen LogP) is 4.64. The van der Waals surface area contributed by atoms with E-state index in [0.717, 1.165) is 0 Å². The van der Waals surface area contributed by atoms with Gasteiger partial charge in [0.05, 0.1) is 11.0 Å². The van der Waals surface area contributed by atoms with Crippen molar-refractivity contribution in [3.05, 3.63) is 53.6 Å². The average molecular weight is 368 g/mol. The molecular formula is C16H12ClF2N3OS. The summed E-state index contributed by atoms with van der Waals surface area (Å²) in [6, 6.07) is 13.7. The minimum absolute atomic E-state index is 0.104. The van der Waals surface area contributed by atoms with E-state index in [1.165, 1.54) is 4.57 Å². The van der Waals surface area contributed by atoms with Crippen molar-refractivity contribution in [2.45, 2.75) is 17.5 Å². The number of hydrogen-bond acceptors (Lipinski definition) is 3. The molecule has 0 aliphatic carbocycles. The van der Waals surface area contributed by atoms with Crippen molar-refractivity contribution >= 4 is 46.0 Å². The van der Waals surface area contributed by atoms with Crippen molar-refractivity contribution in [1.29, 1.82) is 0 Å². The highest BCUT2D eigenvalue weighted by Gasteiger charge is 2.17. The number of rotatable bonds is 5. The van der Waals surface area contributed by atoms with Crippen molar-refractivity contribution in [2.75, 3.05) is 5.32 Å². The lowest BCUT2D eigenvalue weighted by molar-refractivity contribution is -0.116. The van der Waals surface area contributed by atoms with Gasteiger partial charge in [-0.05, 0) is 42.1 Å². The van der Waals surface area contributed by atoms with Gasteiger partial charge in [0.2, 0.25) is 5.91 Å². The van der Waals surface area contributed by atoms with E-state index in [-0.39, 0.29) is 17.6 Å². The minimum atomic E-state index is -2.61. The highest BCUT2D eigenvalue weighted by Crippen LogP contribution is 2.28. The van der Waals surface area contributed by atoms with E-state index in [1.54, 1.807) is 48.5 Å². The summed E-state index contributed by atoms with van der Waals surface area (Å²) in [5, 5.41) is 3.30. The summed E-state index contributed by atoms with van der Waals surface area (Å²) in [6.07, 6.45) is 0. The van der Waals surface area contributed by atoms with Crippen LogP contribution in [0.4, 0.5) is 14.5 Å². The molecule has 2 aromatic carbocycles. The maximum Gasteiger partial charge on any atom is 0.291 e. The number of hydrogen-bond donors (Lipinski definition) is 1. The lowest BCUT2D eigenvalue weighted by Crippen LogP contribution is -2.19. The van der Waals surface area contributed by atoms with Crippen molar-refractivity contribution in [3.63, 3.8) is 0 Å². The zero-order valence-corrected chi connectivity index (χ0v) is 13.8. The first-order chi connectivity index (χ1) is 11.5. The lowest BCUT2D eigenvalue weighted by atomic mass is 10.3. The standard InChI is InChI=1S/C16H12ClF2N3OS/c17-10-4-3-5-11(8-10)20-14(23)9-22-13-7-2-1-6-12(13)21-16(22)24-15(18)19/h1-8,15H,9H2,(H,20,23). The number of benzene rings is 2. The molecule has 3 aromatic rings. The lowest BCUT2D eigenvalue weighted by Gasteiger charge is -2.09. The minimum Gasteiger partial charge on any atom is -0.324 e. The number of imidazole rings is 1. The molecule has 0 bridgehead atoms. The molecule has 8 heteroatoms. The summed E-state index contributed by atoms with van der Waals surface area (Å²) in [5.41, 5.74) is 1.73. The van der Waals surface area contributed by atoms with E-state index in [4.69, 9.17) is 11.6 Å². The molecule has 1 aromatic heterocycles. The quantitative estimate of drug-likeness (QED) is 0.668. The van der Waals surface area contributed by atoms with Crippen LogP contribution < -0.4 is 5.32 Å². The van der Waals surface area contributed by atoms with Gasteiger partial charge in [-0.2, -0.15) is 8.78 Å². The molecule has 24 heavy (non-hydrogen) atoms. The normalized spacial score (nSPS) is 11.2. The molecule has 0 unspecified atom stereocenters. The number of alkyl halides is 2. The molecule has 124 valence electrons. The molecule has 0 aliphatic rings. The number of thioether (sulfide) groups is 1. The summed E-state index contributed by atoms with van der Waals surface area (Å²) in [5.74, 6) is -2.96. The Balaban J connectivity index is 1.86. The summed E-state index contributed by atoms with van der Waals surface area (Å²) in [6.45, 7) is -0.123. The van der Waals surface area contributed by atoms with Crippen LogP contribution in [0.5, 0.6) is 0 Å². The first kappa shape index (κ1) is 16.7. The predicted molar refractivity (Wildman–Crippen MR) is 91.7 cm³/mol. The number of fused-ring (bicyclic) bond motifs is 1. The van der Waals surface area contributed by atoms with Gasteiger partial charge in [-0.1, -0.05) is 29.8 Å². The number of nitrogens with zero attached hydrogens (tertiary/aromatic N) is 2. The Bertz CT molecular complexity index is 885. The Morgan fingerprint density at radius 2 is 2.04 bits per heavy atom. The SMILES string of the molecule is O=C(Cn1c(SC(F)F)nc2ccccc21)Nc1cccc(Cl)c1. The van der Waals surface area contributed by atoms with Crippen molar-refractivity contribution in [1.82, 2.24) is 9.55 Å². The molecule has 0 fully saturated rings. The molecular weight excluding hydrogens is 356 g/mol. The van der Waals surface area contributed by atoms with Crippen LogP contribution in [0.1, 0.15) is 0 Å². The van der Waals surface area contributed by atoms with Crippen LogP contribution in [0, 0.1) is 0 Å². The molecule has 3 rings (SSSR count). The highest BCUT2D eigenvalue weighted by molar-refractivity contribution is 7.99. The molecule has 0 atom stereocenters. The zero-order valence-electron chi connectivity index (χ0n) is 12.2. The maximum atomic E-state index is 12.8. The first-order valence-corrected chi connectivity index (χ1v) is 8.24. The molecule has 1 heterocycles. The number of amides is 1. The second kappa shape index (κ2) is 7.19. The van der Waals surface area contributed by atoms with E-state index in [9.17, 15) is 13.6 Å². The van der Waals surface area contributed by atoms with Gasteiger partial charge >= 0.3 is 0 Å². The molecule has 0 saturated heterocycles. The zero-order chi connectivity index (χ0) is 17.1. The Labute approximate surface area is 145 Å². The van der Waals surface area contributed by atoms with E-state index in [0.29, 0.717) is 33.5 Å². The van der Waals surface area contributed by atoms with Crippen molar-refractivity contribution in [2.24, 2.45) is 0 Å². The number of halogens is 3. The highest BCUT2D eigenvalue weighted by atomic mass is 35.5. The van der Waals surface area contributed by atoms with Crippen molar-refractivity contribution < 1.29 is 13.6 Å². The van der Waals surface area contributed by atoms with Gasteiger partial charge in [0.15, 0.2) is 5.16 Å².